The van der Waals surface area contributed by atoms with Crippen LogP contribution in [0.25, 0.3) is 23.1 Å². The lowest BCUT2D eigenvalue weighted by Crippen LogP contribution is -2.24. The van der Waals surface area contributed by atoms with Gasteiger partial charge in [-0.1, -0.05) is 30.3 Å². The molecule has 132 valence electrons. The number of fused-ring (bicyclic) bond motifs is 1. The Bertz CT molecular complexity index is 1040. The van der Waals surface area contributed by atoms with E-state index in [0.29, 0.717) is 28.7 Å². The molecule has 2 aromatic carbocycles. The molecule has 1 N–H and O–H groups in total. The molecular formula is C20H17FN2O3. The first-order valence-electron chi connectivity index (χ1n) is 8.20. The van der Waals surface area contributed by atoms with Gasteiger partial charge in [0.2, 0.25) is 0 Å². The van der Waals surface area contributed by atoms with Gasteiger partial charge < -0.3 is 5.11 Å². The number of carboxylic acids is 1. The van der Waals surface area contributed by atoms with Crippen LogP contribution < -0.4 is 5.56 Å². The van der Waals surface area contributed by atoms with Gasteiger partial charge in [-0.25, -0.2) is 9.37 Å². The molecule has 0 aliphatic carbocycles. The molecule has 3 rings (SSSR count). The van der Waals surface area contributed by atoms with Crippen molar-refractivity contribution in [2.24, 2.45) is 0 Å². The summed E-state index contributed by atoms with van der Waals surface area (Å²) < 4.78 is 15.2. The van der Waals surface area contributed by atoms with Crippen molar-refractivity contribution in [1.82, 2.24) is 9.55 Å². The summed E-state index contributed by atoms with van der Waals surface area (Å²) in [6.45, 7) is 0.222. The largest absolute Gasteiger partial charge is 0.481 e. The van der Waals surface area contributed by atoms with Gasteiger partial charge in [0, 0.05) is 18.5 Å². The van der Waals surface area contributed by atoms with Crippen LogP contribution in [-0.4, -0.2) is 20.6 Å². The highest BCUT2D eigenvalue weighted by Crippen LogP contribution is 2.13. The average molecular weight is 352 g/mol. The van der Waals surface area contributed by atoms with Crippen LogP contribution in [-0.2, 0) is 11.3 Å². The molecule has 0 unspecified atom stereocenters. The molecule has 0 radical (unpaired) electrons. The summed E-state index contributed by atoms with van der Waals surface area (Å²) >= 11 is 0. The van der Waals surface area contributed by atoms with Crippen molar-refractivity contribution in [3.05, 3.63) is 76.1 Å². The van der Waals surface area contributed by atoms with Crippen molar-refractivity contribution in [2.75, 3.05) is 0 Å². The maximum atomic E-state index is 13.8. The van der Waals surface area contributed by atoms with Gasteiger partial charge in [-0.05, 0) is 36.8 Å². The summed E-state index contributed by atoms with van der Waals surface area (Å²) in [7, 11) is 0. The Hall–Kier alpha value is -3.28. The second-order valence-electron chi connectivity index (χ2n) is 5.80. The first kappa shape index (κ1) is 17.5. The van der Waals surface area contributed by atoms with E-state index in [-0.39, 0.29) is 24.3 Å². The Morgan fingerprint density at radius 1 is 1.12 bits per heavy atom. The van der Waals surface area contributed by atoms with Crippen molar-refractivity contribution in [3.8, 4) is 0 Å². The Morgan fingerprint density at radius 2 is 1.85 bits per heavy atom. The number of para-hydroxylation sites is 1. The van der Waals surface area contributed by atoms with Crippen LogP contribution in [0, 0.1) is 5.82 Å². The van der Waals surface area contributed by atoms with E-state index in [9.17, 15) is 14.0 Å². The maximum Gasteiger partial charge on any atom is 0.303 e. The lowest BCUT2D eigenvalue weighted by molar-refractivity contribution is -0.137. The average Bonchev–Trinajstić information content (AvgIpc) is 2.63. The van der Waals surface area contributed by atoms with Gasteiger partial charge in [-0.3, -0.25) is 14.2 Å². The number of rotatable bonds is 6. The molecule has 1 heterocycles. The van der Waals surface area contributed by atoms with Crippen molar-refractivity contribution in [3.63, 3.8) is 0 Å². The Kier molecular flexibility index (Phi) is 5.22. The number of nitrogens with zero attached hydrogens (tertiary/aromatic N) is 2. The number of halogens is 1. The normalized spacial score (nSPS) is 11.3. The van der Waals surface area contributed by atoms with Gasteiger partial charge in [0.25, 0.3) is 5.56 Å². The molecule has 5 nitrogen and oxygen atoms in total. The van der Waals surface area contributed by atoms with Gasteiger partial charge >= 0.3 is 5.97 Å². The number of benzene rings is 2. The fourth-order valence-corrected chi connectivity index (χ4v) is 2.69. The highest BCUT2D eigenvalue weighted by molar-refractivity contribution is 5.79. The zero-order valence-corrected chi connectivity index (χ0v) is 13.9. The summed E-state index contributed by atoms with van der Waals surface area (Å²) in [5.74, 6) is -0.929. The minimum absolute atomic E-state index is 0.0459. The highest BCUT2D eigenvalue weighted by atomic mass is 19.1. The molecule has 0 saturated heterocycles. The monoisotopic (exact) mass is 352 g/mol. The quantitative estimate of drug-likeness (QED) is 0.736. The topological polar surface area (TPSA) is 72.2 Å². The minimum atomic E-state index is -0.921. The van der Waals surface area contributed by atoms with E-state index in [0.717, 1.165) is 0 Å². The molecular weight excluding hydrogens is 335 g/mol. The third-order valence-electron chi connectivity index (χ3n) is 3.98. The third kappa shape index (κ3) is 3.85. The summed E-state index contributed by atoms with van der Waals surface area (Å²) in [4.78, 5) is 28.0. The molecule has 26 heavy (non-hydrogen) atoms. The molecule has 0 bridgehead atoms. The van der Waals surface area contributed by atoms with Crippen molar-refractivity contribution >= 4 is 29.0 Å². The molecule has 0 aliphatic heterocycles. The molecule has 6 heteroatoms. The molecule has 3 aromatic rings. The SMILES string of the molecule is O=C(O)CCCn1c(C=Cc2ccccc2F)nc2ccccc2c1=O. The molecule has 0 amide bonds. The minimum Gasteiger partial charge on any atom is -0.481 e. The van der Waals surface area contributed by atoms with Crippen LogP contribution in [0.1, 0.15) is 24.2 Å². The zero-order chi connectivity index (χ0) is 18.5. The van der Waals surface area contributed by atoms with Gasteiger partial charge in [-0.15, -0.1) is 0 Å². The second-order valence-corrected chi connectivity index (χ2v) is 5.80. The van der Waals surface area contributed by atoms with Gasteiger partial charge in [0.15, 0.2) is 0 Å². The Balaban J connectivity index is 2.05. The number of aromatic nitrogens is 2. The van der Waals surface area contributed by atoms with Crippen LogP contribution in [0.5, 0.6) is 0 Å². The van der Waals surface area contributed by atoms with Crippen LogP contribution in [0.3, 0.4) is 0 Å². The van der Waals surface area contributed by atoms with Crippen LogP contribution in [0.2, 0.25) is 0 Å². The van der Waals surface area contributed by atoms with Gasteiger partial charge in [0.05, 0.1) is 10.9 Å². The number of hydrogen-bond donors (Lipinski definition) is 1. The number of aliphatic carboxylic acids is 1. The first-order valence-corrected chi connectivity index (χ1v) is 8.20. The molecule has 0 spiro atoms. The predicted octanol–water partition coefficient (Wildman–Crippen LogP) is 3.57. The van der Waals surface area contributed by atoms with Crippen LogP contribution >= 0.6 is 0 Å². The second kappa shape index (κ2) is 7.74. The summed E-state index contributed by atoms with van der Waals surface area (Å²) in [6, 6.07) is 13.3. The molecule has 0 aliphatic rings. The van der Waals surface area contributed by atoms with Crippen LogP contribution in [0.4, 0.5) is 4.39 Å². The number of carbonyl (C=O) groups is 1. The predicted molar refractivity (Wildman–Crippen MR) is 98.2 cm³/mol. The van der Waals surface area contributed by atoms with E-state index in [1.165, 1.54) is 10.6 Å². The molecule has 0 saturated carbocycles. The Labute approximate surface area is 149 Å². The van der Waals surface area contributed by atoms with E-state index in [1.54, 1.807) is 54.6 Å². The number of carboxylic acid groups (broad SMARTS) is 1. The van der Waals surface area contributed by atoms with Gasteiger partial charge in [0.1, 0.15) is 11.6 Å². The lowest BCUT2D eigenvalue weighted by atomic mass is 10.2. The zero-order valence-electron chi connectivity index (χ0n) is 13.9. The van der Waals surface area contributed by atoms with E-state index < -0.39 is 5.97 Å². The fraction of sp³-hybridized carbons (Fsp3) is 0.150. The third-order valence-corrected chi connectivity index (χ3v) is 3.98. The van der Waals surface area contributed by atoms with Crippen molar-refractivity contribution in [2.45, 2.75) is 19.4 Å². The van der Waals surface area contributed by atoms with E-state index >= 15 is 0 Å². The van der Waals surface area contributed by atoms with Gasteiger partial charge in [-0.2, -0.15) is 0 Å². The van der Waals surface area contributed by atoms with E-state index in [2.05, 4.69) is 4.98 Å². The maximum absolute atomic E-state index is 13.8. The summed E-state index contributed by atoms with van der Waals surface area (Å²) in [5.41, 5.74) is 0.682. The van der Waals surface area contributed by atoms with Crippen molar-refractivity contribution in [1.29, 1.82) is 0 Å². The van der Waals surface area contributed by atoms with E-state index in [4.69, 9.17) is 5.11 Å². The highest BCUT2D eigenvalue weighted by Gasteiger charge is 2.10. The molecule has 0 fully saturated rings. The fourth-order valence-electron chi connectivity index (χ4n) is 2.69. The summed E-state index contributed by atoms with van der Waals surface area (Å²) in [5, 5.41) is 9.29. The molecule has 1 aromatic heterocycles. The lowest BCUT2D eigenvalue weighted by Gasteiger charge is -2.10. The number of hydrogen-bond acceptors (Lipinski definition) is 3. The molecule has 0 atom stereocenters. The Morgan fingerprint density at radius 3 is 2.62 bits per heavy atom. The smallest absolute Gasteiger partial charge is 0.303 e. The van der Waals surface area contributed by atoms with Crippen molar-refractivity contribution < 1.29 is 14.3 Å². The van der Waals surface area contributed by atoms with E-state index in [1.807, 2.05) is 0 Å². The first-order chi connectivity index (χ1) is 12.6. The van der Waals surface area contributed by atoms with Crippen LogP contribution in [0.15, 0.2) is 53.3 Å². The standard InChI is InChI=1S/C20H17FN2O3/c21-16-8-3-1-6-14(16)11-12-18-22-17-9-4-2-7-15(17)20(26)23(18)13-5-10-19(24)25/h1-4,6-9,11-12H,5,10,13H2,(H,24,25). The summed E-state index contributed by atoms with van der Waals surface area (Å²) in [6.07, 6.45) is 3.39.